The molecule has 3 aromatic rings. The van der Waals surface area contributed by atoms with Crippen molar-refractivity contribution in [3.63, 3.8) is 0 Å². The Labute approximate surface area is 184 Å². The lowest BCUT2D eigenvalue weighted by Gasteiger charge is -2.34. The summed E-state index contributed by atoms with van der Waals surface area (Å²) in [5.41, 5.74) is 1.05. The van der Waals surface area contributed by atoms with Gasteiger partial charge in [0.05, 0.1) is 23.8 Å². The second-order valence-electron chi connectivity index (χ2n) is 7.22. The molecule has 0 spiro atoms. The smallest absolute Gasteiger partial charge is 0.254 e. The molecule has 0 unspecified atom stereocenters. The summed E-state index contributed by atoms with van der Waals surface area (Å²) < 4.78 is 35.5. The van der Waals surface area contributed by atoms with Gasteiger partial charge in [-0.1, -0.05) is 17.4 Å². The molecule has 0 saturated carbocycles. The SMILES string of the molecule is COc1ccc(C(=O)N2CCN(c3nc4c(S(C)(=O)=O)cccc4s3)CC2)cc1OC. The van der Waals surface area contributed by atoms with Gasteiger partial charge in [-0.2, -0.15) is 0 Å². The molecule has 0 aliphatic carbocycles. The average molecular weight is 462 g/mol. The van der Waals surface area contributed by atoms with Crippen LogP contribution in [0.2, 0.25) is 0 Å². The summed E-state index contributed by atoms with van der Waals surface area (Å²) >= 11 is 1.47. The van der Waals surface area contributed by atoms with Crippen LogP contribution in [0.15, 0.2) is 41.3 Å². The summed E-state index contributed by atoms with van der Waals surface area (Å²) in [4.78, 5) is 21.7. The highest BCUT2D eigenvalue weighted by Crippen LogP contribution is 2.33. The van der Waals surface area contributed by atoms with Crippen LogP contribution in [-0.2, 0) is 9.84 Å². The molecule has 2 aromatic carbocycles. The summed E-state index contributed by atoms with van der Waals surface area (Å²) in [6.45, 7) is 2.32. The van der Waals surface area contributed by atoms with Crippen LogP contribution >= 0.6 is 11.3 Å². The van der Waals surface area contributed by atoms with Gasteiger partial charge >= 0.3 is 0 Å². The van der Waals surface area contributed by atoms with Crippen molar-refractivity contribution in [1.29, 1.82) is 0 Å². The molecule has 2 heterocycles. The molecule has 0 N–H and O–H groups in total. The average Bonchev–Trinajstić information content (AvgIpc) is 3.21. The number of rotatable bonds is 5. The molecule has 1 saturated heterocycles. The summed E-state index contributed by atoms with van der Waals surface area (Å²) in [6.07, 6.45) is 1.19. The van der Waals surface area contributed by atoms with E-state index < -0.39 is 9.84 Å². The van der Waals surface area contributed by atoms with Crippen molar-refractivity contribution in [3.05, 3.63) is 42.0 Å². The van der Waals surface area contributed by atoms with Crippen molar-refractivity contribution in [3.8, 4) is 11.5 Å². The topological polar surface area (TPSA) is 89.0 Å². The number of ether oxygens (including phenoxy) is 2. The highest BCUT2D eigenvalue weighted by molar-refractivity contribution is 7.91. The first-order valence-electron chi connectivity index (χ1n) is 9.67. The fraction of sp³-hybridized carbons (Fsp3) is 0.333. The first kappa shape index (κ1) is 21.4. The summed E-state index contributed by atoms with van der Waals surface area (Å²) in [5.74, 6) is 1.03. The van der Waals surface area contributed by atoms with Gasteiger partial charge < -0.3 is 19.3 Å². The van der Waals surface area contributed by atoms with Crippen LogP contribution in [0, 0.1) is 0 Å². The lowest BCUT2D eigenvalue weighted by atomic mass is 10.1. The van der Waals surface area contributed by atoms with E-state index >= 15 is 0 Å². The van der Waals surface area contributed by atoms with E-state index in [1.165, 1.54) is 24.7 Å². The first-order valence-corrected chi connectivity index (χ1v) is 12.4. The molecule has 164 valence electrons. The number of fused-ring (bicyclic) bond motifs is 1. The number of amides is 1. The van der Waals surface area contributed by atoms with Crippen molar-refractivity contribution in [2.45, 2.75) is 4.90 Å². The Hall–Kier alpha value is -2.85. The molecule has 0 bridgehead atoms. The predicted octanol–water partition coefficient (Wildman–Crippen LogP) is 2.68. The Morgan fingerprint density at radius 1 is 1.03 bits per heavy atom. The molecule has 1 aromatic heterocycles. The second-order valence-corrected chi connectivity index (χ2v) is 10.2. The van der Waals surface area contributed by atoms with E-state index in [-0.39, 0.29) is 10.8 Å². The summed E-state index contributed by atoms with van der Waals surface area (Å²) in [6, 6.07) is 10.3. The van der Waals surface area contributed by atoms with Crippen LogP contribution < -0.4 is 14.4 Å². The molecule has 1 amide bonds. The van der Waals surface area contributed by atoms with Crippen molar-refractivity contribution in [2.24, 2.45) is 0 Å². The number of sulfone groups is 1. The van der Waals surface area contributed by atoms with E-state index in [4.69, 9.17) is 9.47 Å². The molecule has 10 heteroatoms. The molecule has 1 aliphatic heterocycles. The van der Waals surface area contributed by atoms with Crippen molar-refractivity contribution < 1.29 is 22.7 Å². The van der Waals surface area contributed by atoms with E-state index in [0.717, 1.165) is 9.83 Å². The number of hydrogen-bond donors (Lipinski definition) is 0. The fourth-order valence-electron chi connectivity index (χ4n) is 3.60. The lowest BCUT2D eigenvalue weighted by molar-refractivity contribution is 0.0746. The van der Waals surface area contributed by atoms with Crippen LogP contribution in [0.4, 0.5) is 5.13 Å². The predicted molar refractivity (Wildman–Crippen MR) is 120 cm³/mol. The minimum absolute atomic E-state index is 0.0655. The molecule has 1 aliphatic rings. The van der Waals surface area contributed by atoms with E-state index in [0.29, 0.717) is 48.8 Å². The highest BCUT2D eigenvalue weighted by atomic mass is 32.2. The normalized spacial score (nSPS) is 14.7. The minimum atomic E-state index is -3.35. The third-order valence-electron chi connectivity index (χ3n) is 5.24. The fourth-order valence-corrected chi connectivity index (χ4v) is 5.54. The molecular formula is C21H23N3O5S2. The largest absolute Gasteiger partial charge is 0.493 e. The van der Waals surface area contributed by atoms with Gasteiger partial charge in [0.15, 0.2) is 26.5 Å². The van der Waals surface area contributed by atoms with Crippen LogP contribution in [0.3, 0.4) is 0 Å². The van der Waals surface area contributed by atoms with Gasteiger partial charge in [-0.05, 0) is 30.3 Å². The molecule has 1 fully saturated rings. The second kappa shape index (κ2) is 8.35. The molecule has 4 rings (SSSR count). The van der Waals surface area contributed by atoms with Gasteiger partial charge in [0, 0.05) is 38.0 Å². The van der Waals surface area contributed by atoms with Crippen LogP contribution in [-0.4, -0.2) is 70.9 Å². The molecule has 8 nitrogen and oxygen atoms in total. The quantitative estimate of drug-likeness (QED) is 0.577. The maximum atomic E-state index is 12.9. The molecule has 0 atom stereocenters. The van der Waals surface area contributed by atoms with Gasteiger partial charge in [0.2, 0.25) is 0 Å². The third kappa shape index (κ3) is 4.17. The van der Waals surface area contributed by atoms with Crippen molar-refractivity contribution in [2.75, 3.05) is 51.6 Å². The Morgan fingerprint density at radius 3 is 2.39 bits per heavy atom. The number of para-hydroxylation sites is 1. The van der Waals surface area contributed by atoms with E-state index in [1.54, 1.807) is 42.3 Å². The van der Waals surface area contributed by atoms with E-state index in [9.17, 15) is 13.2 Å². The van der Waals surface area contributed by atoms with Crippen LogP contribution in [0.1, 0.15) is 10.4 Å². The first-order chi connectivity index (χ1) is 14.8. The van der Waals surface area contributed by atoms with Crippen LogP contribution in [0.25, 0.3) is 10.2 Å². The number of methoxy groups -OCH3 is 2. The zero-order valence-corrected chi connectivity index (χ0v) is 19.1. The molecular weight excluding hydrogens is 438 g/mol. The summed E-state index contributed by atoms with van der Waals surface area (Å²) in [7, 11) is -0.260. The zero-order valence-electron chi connectivity index (χ0n) is 17.5. The lowest BCUT2D eigenvalue weighted by Crippen LogP contribution is -2.48. The van der Waals surface area contributed by atoms with E-state index in [2.05, 4.69) is 9.88 Å². The molecule has 31 heavy (non-hydrogen) atoms. The van der Waals surface area contributed by atoms with Gasteiger partial charge in [-0.15, -0.1) is 0 Å². The maximum Gasteiger partial charge on any atom is 0.254 e. The third-order valence-corrected chi connectivity index (χ3v) is 7.45. The number of carbonyl (C=O) groups excluding carboxylic acids is 1. The number of carbonyl (C=O) groups is 1. The number of anilines is 1. The number of benzene rings is 2. The standard InChI is InChI=1S/C21H23N3O5S2/c1-28-15-8-7-14(13-16(15)29-2)20(25)23-9-11-24(12-10-23)21-22-19-17(30-21)5-4-6-18(19)31(3,26)27/h4-8,13H,9-12H2,1-3H3. The van der Waals surface area contributed by atoms with Gasteiger partial charge in [-0.25, -0.2) is 13.4 Å². The molecule has 0 radical (unpaired) electrons. The highest BCUT2D eigenvalue weighted by Gasteiger charge is 2.25. The van der Waals surface area contributed by atoms with Crippen LogP contribution in [0.5, 0.6) is 11.5 Å². The van der Waals surface area contributed by atoms with Gasteiger partial charge in [0.1, 0.15) is 5.52 Å². The zero-order chi connectivity index (χ0) is 22.2. The van der Waals surface area contributed by atoms with Crippen molar-refractivity contribution in [1.82, 2.24) is 9.88 Å². The van der Waals surface area contributed by atoms with Gasteiger partial charge in [0.25, 0.3) is 5.91 Å². The number of thiazole rings is 1. The Kier molecular flexibility index (Phi) is 5.76. The Balaban J connectivity index is 1.49. The summed E-state index contributed by atoms with van der Waals surface area (Å²) in [5, 5.41) is 0.768. The van der Waals surface area contributed by atoms with E-state index in [1.807, 2.05) is 6.07 Å². The number of piperazine rings is 1. The monoisotopic (exact) mass is 461 g/mol. The number of nitrogens with zero attached hydrogens (tertiary/aromatic N) is 3. The number of aromatic nitrogens is 1. The van der Waals surface area contributed by atoms with Gasteiger partial charge in [-0.3, -0.25) is 4.79 Å². The Morgan fingerprint density at radius 2 is 1.74 bits per heavy atom. The maximum absolute atomic E-state index is 12.9. The van der Waals surface area contributed by atoms with Crippen molar-refractivity contribution >= 4 is 42.4 Å². The number of hydrogen-bond acceptors (Lipinski definition) is 8. The minimum Gasteiger partial charge on any atom is -0.493 e. The Bertz CT molecular complexity index is 1230.